The molecule has 0 aliphatic heterocycles. The Morgan fingerprint density at radius 1 is 1.19 bits per heavy atom. The smallest absolute Gasteiger partial charge is 0.340 e. The van der Waals surface area contributed by atoms with Crippen molar-refractivity contribution in [3.05, 3.63) is 64.2 Å². The third-order valence-corrected chi connectivity index (χ3v) is 6.30. The molecule has 0 aliphatic carbocycles. The van der Waals surface area contributed by atoms with Crippen LogP contribution in [0.5, 0.6) is 0 Å². The third-order valence-electron chi connectivity index (χ3n) is 3.93. The van der Waals surface area contributed by atoms with Gasteiger partial charge in [0.05, 0.1) is 27.1 Å². The Kier molecular flexibility index (Phi) is 6.97. The largest absolute Gasteiger partial charge is 0.457 e. The standard InChI is InChI=1S/C19H19ClN2O4S/c1-3-22(4-2)27(24,25)16-8-9-18(20)17(11-16)19(23)26-13-15-7-5-6-14(10-15)12-21/h5-11H,3-4,13H2,1-2H3. The second-order valence-corrected chi connectivity index (χ2v) is 7.96. The van der Waals surface area contributed by atoms with E-state index in [4.69, 9.17) is 21.6 Å². The first-order valence-electron chi connectivity index (χ1n) is 8.29. The molecule has 2 rings (SSSR count). The van der Waals surface area contributed by atoms with Gasteiger partial charge in [-0.15, -0.1) is 0 Å². The molecule has 27 heavy (non-hydrogen) atoms. The Hall–Kier alpha value is -2.40. The SMILES string of the molecule is CCN(CC)S(=O)(=O)c1ccc(Cl)c(C(=O)OCc2cccc(C#N)c2)c1. The van der Waals surface area contributed by atoms with Crippen molar-refractivity contribution >= 4 is 27.6 Å². The Bertz CT molecular complexity index is 979. The number of carbonyl (C=O) groups is 1. The van der Waals surface area contributed by atoms with E-state index in [1.165, 1.54) is 22.5 Å². The van der Waals surface area contributed by atoms with Gasteiger partial charge < -0.3 is 4.74 Å². The van der Waals surface area contributed by atoms with E-state index in [-0.39, 0.29) is 22.1 Å². The maximum Gasteiger partial charge on any atom is 0.340 e. The number of nitriles is 1. The second-order valence-electron chi connectivity index (χ2n) is 5.62. The van der Waals surface area contributed by atoms with Crippen LogP contribution in [0.15, 0.2) is 47.4 Å². The van der Waals surface area contributed by atoms with Crippen LogP contribution in [0.2, 0.25) is 5.02 Å². The summed E-state index contributed by atoms with van der Waals surface area (Å²) in [6.07, 6.45) is 0. The van der Waals surface area contributed by atoms with Crippen molar-refractivity contribution in [2.24, 2.45) is 0 Å². The molecular weight excluding hydrogens is 388 g/mol. The van der Waals surface area contributed by atoms with E-state index in [2.05, 4.69) is 0 Å². The van der Waals surface area contributed by atoms with Gasteiger partial charge in [0, 0.05) is 13.1 Å². The van der Waals surface area contributed by atoms with Crippen LogP contribution in [-0.2, 0) is 21.4 Å². The summed E-state index contributed by atoms with van der Waals surface area (Å²) < 4.78 is 31.8. The van der Waals surface area contributed by atoms with Gasteiger partial charge in [-0.05, 0) is 35.9 Å². The van der Waals surface area contributed by atoms with Crippen molar-refractivity contribution < 1.29 is 17.9 Å². The predicted octanol–water partition coefficient (Wildman–Crippen LogP) is 3.60. The minimum Gasteiger partial charge on any atom is -0.457 e. The lowest BCUT2D eigenvalue weighted by Crippen LogP contribution is -2.30. The monoisotopic (exact) mass is 406 g/mol. The van der Waals surface area contributed by atoms with Crippen molar-refractivity contribution in [1.29, 1.82) is 5.26 Å². The minimum atomic E-state index is -3.72. The average Bonchev–Trinajstić information content (AvgIpc) is 2.67. The number of rotatable bonds is 7. The number of sulfonamides is 1. The van der Waals surface area contributed by atoms with E-state index in [1.54, 1.807) is 38.1 Å². The van der Waals surface area contributed by atoms with Crippen LogP contribution < -0.4 is 0 Å². The van der Waals surface area contributed by atoms with Gasteiger partial charge in [0.2, 0.25) is 10.0 Å². The number of nitrogens with zero attached hydrogens (tertiary/aromatic N) is 2. The van der Waals surface area contributed by atoms with E-state index in [0.29, 0.717) is 24.2 Å². The highest BCUT2D eigenvalue weighted by Crippen LogP contribution is 2.24. The molecular formula is C19H19ClN2O4S. The first kappa shape index (κ1) is 20.9. The lowest BCUT2D eigenvalue weighted by molar-refractivity contribution is 0.0472. The number of ether oxygens (including phenoxy) is 1. The molecule has 0 bridgehead atoms. The van der Waals surface area contributed by atoms with Crippen LogP contribution in [0, 0.1) is 11.3 Å². The number of benzene rings is 2. The van der Waals surface area contributed by atoms with E-state index in [0.717, 1.165) is 0 Å². The minimum absolute atomic E-state index is 0.0194. The Labute approximate surface area is 164 Å². The van der Waals surface area contributed by atoms with Gasteiger partial charge in [-0.25, -0.2) is 13.2 Å². The van der Waals surface area contributed by atoms with Crippen molar-refractivity contribution in [3.63, 3.8) is 0 Å². The van der Waals surface area contributed by atoms with Gasteiger partial charge >= 0.3 is 5.97 Å². The molecule has 0 amide bonds. The predicted molar refractivity (Wildman–Crippen MR) is 102 cm³/mol. The second kappa shape index (κ2) is 9.00. The highest BCUT2D eigenvalue weighted by Gasteiger charge is 2.24. The summed E-state index contributed by atoms with van der Waals surface area (Å²) >= 11 is 6.07. The van der Waals surface area contributed by atoms with Crippen LogP contribution in [0.25, 0.3) is 0 Å². The van der Waals surface area contributed by atoms with E-state index in [9.17, 15) is 13.2 Å². The molecule has 0 saturated carbocycles. The normalized spacial score (nSPS) is 11.2. The lowest BCUT2D eigenvalue weighted by Gasteiger charge is -2.19. The summed E-state index contributed by atoms with van der Waals surface area (Å²) in [6, 6.07) is 12.6. The molecule has 0 spiro atoms. The number of halogens is 1. The summed E-state index contributed by atoms with van der Waals surface area (Å²) in [5.41, 5.74) is 1.07. The fourth-order valence-corrected chi connectivity index (χ4v) is 4.17. The van der Waals surface area contributed by atoms with Crippen LogP contribution in [0.4, 0.5) is 0 Å². The first-order valence-corrected chi connectivity index (χ1v) is 10.1. The molecule has 0 unspecified atom stereocenters. The van der Waals surface area contributed by atoms with Gasteiger partial charge in [0.15, 0.2) is 0 Å². The summed E-state index contributed by atoms with van der Waals surface area (Å²) in [5, 5.41) is 9.01. The Morgan fingerprint density at radius 3 is 2.52 bits per heavy atom. The molecule has 0 N–H and O–H groups in total. The Morgan fingerprint density at radius 2 is 1.89 bits per heavy atom. The number of carbonyl (C=O) groups excluding carboxylic acids is 1. The maximum absolute atomic E-state index is 12.6. The van der Waals surface area contributed by atoms with Gasteiger partial charge in [0.1, 0.15) is 6.61 Å². The molecule has 142 valence electrons. The third kappa shape index (κ3) is 4.86. The summed E-state index contributed by atoms with van der Waals surface area (Å²) in [5.74, 6) is -0.737. The average molecular weight is 407 g/mol. The van der Waals surface area contributed by atoms with Crippen LogP contribution in [-0.4, -0.2) is 31.8 Å². The van der Waals surface area contributed by atoms with Gasteiger partial charge in [-0.3, -0.25) is 0 Å². The molecule has 0 atom stereocenters. The zero-order valence-electron chi connectivity index (χ0n) is 15.0. The van der Waals surface area contributed by atoms with E-state index < -0.39 is 16.0 Å². The molecule has 2 aromatic carbocycles. The molecule has 2 aromatic rings. The Balaban J connectivity index is 2.25. The number of hydrogen-bond acceptors (Lipinski definition) is 5. The van der Waals surface area contributed by atoms with Crippen LogP contribution in [0.3, 0.4) is 0 Å². The number of esters is 1. The fourth-order valence-electron chi connectivity index (χ4n) is 2.49. The highest BCUT2D eigenvalue weighted by molar-refractivity contribution is 7.89. The fraction of sp³-hybridized carbons (Fsp3) is 0.263. The van der Waals surface area contributed by atoms with Crippen LogP contribution in [0.1, 0.15) is 35.3 Å². The van der Waals surface area contributed by atoms with Gasteiger partial charge in [-0.1, -0.05) is 37.6 Å². The number of hydrogen-bond donors (Lipinski definition) is 0. The molecule has 0 fully saturated rings. The van der Waals surface area contributed by atoms with Crippen molar-refractivity contribution in [1.82, 2.24) is 4.31 Å². The topological polar surface area (TPSA) is 87.5 Å². The summed E-state index contributed by atoms with van der Waals surface area (Å²) in [6.45, 7) is 4.05. The molecule has 0 heterocycles. The van der Waals surface area contributed by atoms with Crippen LogP contribution >= 0.6 is 11.6 Å². The maximum atomic E-state index is 12.6. The molecule has 6 nitrogen and oxygen atoms in total. The summed E-state index contributed by atoms with van der Waals surface area (Å²) in [4.78, 5) is 12.4. The molecule has 0 radical (unpaired) electrons. The zero-order valence-corrected chi connectivity index (χ0v) is 16.5. The molecule has 8 heteroatoms. The molecule has 0 aromatic heterocycles. The van der Waals surface area contributed by atoms with E-state index in [1.807, 2.05) is 6.07 Å². The first-order chi connectivity index (χ1) is 12.8. The summed E-state index contributed by atoms with van der Waals surface area (Å²) in [7, 11) is -3.72. The quantitative estimate of drug-likeness (QED) is 0.655. The molecule has 0 saturated heterocycles. The zero-order chi connectivity index (χ0) is 20.0. The molecule has 0 aliphatic rings. The lowest BCUT2D eigenvalue weighted by atomic mass is 10.1. The van der Waals surface area contributed by atoms with E-state index >= 15 is 0 Å². The van der Waals surface area contributed by atoms with Crippen molar-refractivity contribution in [2.45, 2.75) is 25.3 Å². The van der Waals surface area contributed by atoms with Crippen molar-refractivity contribution in [2.75, 3.05) is 13.1 Å². The van der Waals surface area contributed by atoms with Crippen molar-refractivity contribution in [3.8, 4) is 6.07 Å². The highest BCUT2D eigenvalue weighted by atomic mass is 35.5. The van der Waals surface area contributed by atoms with Gasteiger partial charge in [0.25, 0.3) is 0 Å². The van der Waals surface area contributed by atoms with Gasteiger partial charge in [-0.2, -0.15) is 9.57 Å².